The number of hydrogen-bond donors (Lipinski definition) is 2. The van der Waals surface area contributed by atoms with E-state index in [2.05, 4.69) is 20.8 Å². The molecule has 9 heteroatoms. The highest BCUT2D eigenvalue weighted by atomic mass is 32.2. The van der Waals surface area contributed by atoms with Crippen LogP contribution in [0.2, 0.25) is 0 Å². The Kier molecular flexibility index (Phi) is 7.11. The molecule has 1 amide bonds. The molecule has 0 radical (unpaired) electrons. The molecule has 0 aliphatic rings. The molecule has 0 aliphatic heterocycles. The van der Waals surface area contributed by atoms with Gasteiger partial charge in [-0.05, 0) is 12.1 Å². The fraction of sp³-hybridized carbons (Fsp3) is 0.357. The van der Waals surface area contributed by atoms with E-state index >= 15 is 0 Å². The molecule has 0 aliphatic carbocycles. The number of anilines is 2. The monoisotopic (exact) mass is 354 g/mol. The van der Waals surface area contributed by atoms with Crippen LogP contribution in [0.3, 0.4) is 0 Å². The van der Waals surface area contributed by atoms with Crippen molar-refractivity contribution in [3.8, 4) is 5.75 Å². The molecular weight excluding hydrogens is 336 g/mol. The predicted octanol–water partition coefficient (Wildman–Crippen LogP) is 2.14. The third-order valence-corrected chi connectivity index (χ3v) is 4.68. The van der Waals surface area contributed by atoms with E-state index in [1.807, 2.05) is 24.3 Å². The molecular formula is C14H18N4O3S2. The second-order valence-electron chi connectivity index (χ2n) is 4.33. The first kappa shape index (κ1) is 17.5. The summed E-state index contributed by atoms with van der Waals surface area (Å²) in [6.07, 6.45) is 0. The highest BCUT2D eigenvalue weighted by molar-refractivity contribution is 8.01. The quantitative estimate of drug-likeness (QED) is 0.527. The van der Waals surface area contributed by atoms with Crippen molar-refractivity contribution in [1.29, 1.82) is 0 Å². The summed E-state index contributed by atoms with van der Waals surface area (Å²) in [7, 11) is 3.21. The lowest BCUT2D eigenvalue weighted by molar-refractivity contribution is -0.118. The molecule has 124 valence electrons. The zero-order valence-electron chi connectivity index (χ0n) is 12.9. The molecule has 1 heterocycles. The maximum absolute atomic E-state index is 11.6. The standard InChI is InChI=1S/C14H18N4O3S2/c1-20-8-7-15-12(19)9-22-14-18-17-13(23-14)16-10-5-3-4-6-11(10)21-2/h3-6H,7-9H2,1-2H3,(H,15,19)(H,16,17). The van der Waals surface area contributed by atoms with Crippen LogP contribution in [0.1, 0.15) is 0 Å². The predicted molar refractivity (Wildman–Crippen MR) is 91.8 cm³/mol. The summed E-state index contributed by atoms with van der Waals surface area (Å²) in [4.78, 5) is 11.6. The normalized spacial score (nSPS) is 10.3. The van der Waals surface area contributed by atoms with Gasteiger partial charge in [0, 0.05) is 13.7 Å². The van der Waals surface area contributed by atoms with Gasteiger partial charge < -0.3 is 20.1 Å². The minimum atomic E-state index is -0.0542. The second-order valence-corrected chi connectivity index (χ2v) is 6.53. The van der Waals surface area contributed by atoms with Gasteiger partial charge in [0.05, 0.1) is 25.2 Å². The van der Waals surface area contributed by atoms with Crippen LogP contribution < -0.4 is 15.4 Å². The molecule has 2 aromatic rings. The first-order valence-electron chi connectivity index (χ1n) is 6.85. The number of ether oxygens (including phenoxy) is 2. The lowest BCUT2D eigenvalue weighted by atomic mass is 10.3. The molecule has 1 aromatic carbocycles. The summed E-state index contributed by atoms with van der Waals surface area (Å²) in [5.41, 5.74) is 0.819. The zero-order chi connectivity index (χ0) is 16.5. The van der Waals surface area contributed by atoms with Gasteiger partial charge in [0.25, 0.3) is 0 Å². The summed E-state index contributed by atoms with van der Waals surface area (Å²) < 4.78 is 10.9. The van der Waals surface area contributed by atoms with E-state index in [-0.39, 0.29) is 5.91 Å². The third kappa shape index (κ3) is 5.70. The molecule has 0 spiro atoms. The largest absolute Gasteiger partial charge is 0.495 e. The fourth-order valence-corrected chi connectivity index (χ4v) is 3.25. The maximum atomic E-state index is 11.6. The van der Waals surface area contributed by atoms with Crippen LogP contribution in [0.25, 0.3) is 0 Å². The number of nitrogens with zero attached hydrogens (tertiary/aromatic N) is 2. The molecule has 2 rings (SSSR count). The first-order chi connectivity index (χ1) is 11.2. The van der Waals surface area contributed by atoms with E-state index < -0.39 is 0 Å². The van der Waals surface area contributed by atoms with E-state index in [1.54, 1.807) is 14.2 Å². The van der Waals surface area contributed by atoms with Gasteiger partial charge in [-0.3, -0.25) is 4.79 Å². The Morgan fingerprint density at radius 2 is 2.13 bits per heavy atom. The Balaban J connectivity index is 1.85. The van der Waals surface area contributed by atoms with E-state index in [0.29, 0.717) is 24.0 Å². The molecule has 0 saturated heterocycles. The van der Waals surface area contributed by atoms with Crippen LogP contribution in [-0.2, 0) is 9.53 Å². The van der Waals surface area contributed by atoms with Crippen LogP contribution in [-0.4, -0.2) is 49.2 Å². The number of carbonyl (C=O) groups excluding carboxylic acids is 1. The zero-order valence-corrected chi connectivity index (χ0v) is 14.5. The molecule has 7 nitrogen and oxygen atoms in total. The van der Waals surface area contributed by atoms with Crippen molar-refractivity contribution in [2.24, 2.45) is 0 Å². The number of carbonyl (C=O) groups is 1. The van der Waals surface area contributed by atoms with Crippen LogP contribution in [0, 0.1) is 0 Å². The molecule has 0 saturated carbocycles. The SMILES string of the molecule is COCCNC(=O)CSc1nnc(Nc2ccccc2OC)s1. The fourth-order valence-electron chi connectivity index (χ4n) is 1.65. The van der Waals surface area contributed by atoms with Crippen LogP contribution >= 0.6 is 23.1 Å². The van der Waals surface area contributed by atoms with E-state index in [1.165, 1.54) is 23.1 Å². The average molecular weight is 354 g/mol. The number of aromatic nitrogens is 2. The van der Waals surface area contributed by atoms with Crippen molar-refractivity contribution in [3.05, 3.63) is 24.3 Å². The van der Waals surface area contributed by atoms with E-state index in [9.17, 15) is 4.79 Å². The summed E-state index contributed by atoms with van der Waals surface area (Å²) in [6, 6.07) is 7.57. The van der Waals surface area contributed by atoms with Crippen molar-refractivity contribution in [3.63, 3.8) is 0 Å². The number of thioether (sulfide) groups is 1. The van der Waals surface area contributed by atoms with Crippen molar-refractivity contribution in [1.82, 2.24) is 15.5 Å². The smallest absolute Gasteiger partial charge is 0.230 e. The van der Waals surface area contributed by atoms with Gasteiger partial charge in [-0.1, -0.05) is 35.2 Å². The number of rotatable bonds is 9. The lowest BCUT2D eigenvalue weighted by Gasteiger charge is -2.07. The first-order valence-corrected chi connectivity index (χ1v) is 8.65. The van der Waals surface area contributed by atoms with Gasteiger partial charge in [0.15, 0.2) is 4.34 Å². The van der Waals surface area contributed by atoms with Gasteiger partial charge in [0.2, 0.25) is 11.0 Å². The highest BCUT2D eigenvalue weighted by Crippen LogP contribution is 2.31. The lowest BCUT2D eigenvalue weighted by Crippen LogP contribution is -2.28. The van der Waals surface area contributed by atoms with E-state index in [4.69, 9.17) is 9.47 Å². The van der Waals surface area contributed by atoms with Gasteiger partial charge in [0.1, 0.15) is 5.75 Å². The number of nitrogens with one attached hydrogen (secondary N) is 2. The summed E-state index contributed by atoms with van der Waals surface area (Å²) in [6.45, 7) is 1.01. The highest BCUT2D eigenvalue weighted by Gasteiger charge is 2.09. The summed E-state index contributed by atoms with van der Waals surface area (Å²) in [5, 5.41) is 14.7. The maximum Gasteiger partial charge on any atom is 0.230 e. The number of amides is 1. The van der Waals surface area contributed by atoms with Crippen LogP contribution in [0.15, 0.2) is 28.6 Å². The minimum absolute atomic E-state index is 0.0542. The number of hydrogen-bond acceptors (Lipinski definition) is 8. The molecule has 0 unspecified atom stereocenters. The van der Waals surface area contributed by atoms with Crippen molar-refractivity contribution >= 4 is 39.8 Å². The van der Waals surface area contributed by atoms with Crippen molar-refractivity contribution in [2.45, 2.75) is 4.34 Å². The van der Waals surface area contributed by atoms with Crippen LogP contribution in [0.5, 0.6) is 5.75 Å². The van der Waals surface area contributed by atoms with Crippen molar-refractivity contribution in [2.75, 3.05) is 38.4 Å². The van der Waals surface area contributed by atoms with Gasteiger partial charge in [-0.25, -0.2) is 0 Å². The number of benzene rings is 1. The van der Waals surface area contributed by atoms with Gasteiger partial charge in [-0.15, -0.1) is 10.2 Å². The molecule has 1 aromatic heterocycles. The molecule has 2 N–H and O–H groups in total. The van der Waals surface area contributed by atoms with Gasteiger partial charge in [-0.2, -0.15) is 0 Å². The molecule has 0 bridgehead atoms. The third-order valence-electron chi connectivity index (χ3n) is 2.71. The Bertz CT molecular complexity index is 636. The Morgan fingerprint density at radius 1 is 1.30 bits per heavy atom. The topological polar surface area (TPSA) is 85.4 Å². The Hall–Kier alpha value is -1.84. The second kappa shape index (κ2) is 9.33. The van der Waals surface area contributed by atoms with Crippen LogP contribution in [0.4, 0.5) is 10.8 Å². The molecule has 23 heavy (non-hydrogen) atoms. The molecule has 0 atom stereocenters. The number of para-hydroxylation sites is 2. The van der Waals surface area contributed by atoms with E-state index in [0.717, 1.165) is 15.8 Å². The Morgan fingerprint density at radius 3 is 2.91 bits per heavy atom. The molecule has 0 fully saturated rings. The summed E-state index contributed by atoms with van der Waals surface area (Å²) >= 11 is 2.74. The average Bonchev–Trinajstić information content (AvgIpc) is 3.01. The Labute approximate surface area is 142 Å². The van der Waals surface area contributed by atoms with Crippen molar-refractivity contribution < 1.29 is 14.3 Å². The summed E-state index contributed by atoms with van der Waals surface area (Å²) in [5.74, 6) is 0.975. The number of methoxy groups -OCH3 is 2. The van der Waals surface area contributed by atoms with Gasteiger partial charge >= 0.3 is 0 Å². The minimum Gasteiger partial charge on any atom is -0.495 e.